The molecule has 1 saturated heterocycles. The Hall–Kier alpha value is -4.35. The Kier molecular flexibility index (Phi) is 8.74. The Labute approximate surface area is 250 Å². The van der Waals surface area contributed by atoms with Gasteiger partial charge in [0.1, 0.15) is 11.2 Å². The van der Waals surface area contributed by atoms with Crippen molar-refractivity contribution in [3.05, 3.63) is 57.8 Å². The molecule has 2 fully saturated rings. The summed E-state index contributed by atoms with van der Waals surface area (Å²) in [5.41, 5.74) is 2.29. The van der Waals surface area contributed by atoms with E-state index in [1.54, 1.807) is 40.3 Å². The third-order valence-corrected chi connectivity index (χ3v) is 7.83. The van der Waals surface area contributed by atoms with Crippen LogP contribution in [0.3, 0.4) is 0 Å². The van der Waals surface area contributed by atoms with Crippen LogP contribution in [0.1, 0.15) is 70.5 Å². The molecule has 0 atom stereocenters. The third-order valence-electron chi connectivity index (χ3n) is 7.83. The third kappa shape index (κ3) is 6.68. The van der Waals surface area contributed by atoms with E-state index in [9.17, 15) is 14.8 Å². The minimum atomic E-state index is -0.540. The molecule has 1 saturated carbocycles. The summed E-state index contributed by atoms with van der Waals surface area (Å²) in [5, 5.41) is 11.6. The molecule has 2 aliphatic rings. The fraction of sp³-hybridized carbons (Fsp3) is 0.516. The van der Waals surface area contributed by atoms with E-state index < -0.39 is 5.60 Å². The fourth-order valence-electron chi connectivity index (χ4n) is 5.63. The second-order valence-corrected chi connectivity index (χ2v) is 12.0. The molecular formula is C31H41N7O5. The summed E-state index contributed by atoms with van der Waals surface area (Å²) in [5.74, 6) is 0.150. The van der Waals surface area contributed by atoms with Crippen molar-refractivity contribution >= 4 is 34.8 Å². The van der Waals surface area contributed by atoms with Crippen molar-refractivity contribution < 1.29 is 19.5 Å². The number of aromatic nitrogens is 4. The zero-order valence-corrected chi connectivity index (χ0v) is 25.6. The number of aryl methyl sites for hydroxylation is 1. The number of amides is 1. The van der Waals surface area contributed by atoms with Gasteiger partial charge in [0.2, 0.25) is 0 Å². The van der Waals surface area contributed by atoms with Gasteiger partial charge in [-0.25, -0.2) is 9.78 Å². The molecule has 1 aliphatic heterocycles. The van der Waals surface area contributed by atoms with Crippen LogP contribution >= 0.6 is 0 Å². The lowest BCUT2D eigenvalue weighted by atomic mass is 10.1. The molecule has 230 valence electrons. The number of piperazine rings is 1. The largest absolute Gasteiger partial charge is 0.501 e. The first kappa shape index (κ1) is 30.1. The summed E-state index contributed by atoms with van der Waals surface area (Å²) in [6.45, 7) is 12.1. The molecule has 43 heavy (non-hydrogen) atoms. The molecule has 12 nitrogen and oxygen atoms in total. The highest BCUT2D eigenvalue weighted by Crippen LogP contribution is 2.32. The monoisotopic (exact) mass is 591 g/mol. The molecule has 1 N–H and O–H groups in total. The molecule has 0 bridgehead atoms. The average Bonchev–Trinajstić information content (AvgIpc) is 3.50. The number of rotatable bonds is 6. The maximum Gasteiger partial charge on any atom is 0.410 e. The molecule has 0 aromatic carbocycles. The van der Waals surface area contributed by atoms with Gasteiger partial charge in [-0.05, 0) is 71.2 Å². The number of carbonyl (C=O) groups excluding carboxylic acids is 1. The van der Waals surface area contributed by atoms with E-state index in [-0.39, 0.29) is 29.1 Å². The van der Waals surface area contributed by atoms with E-state index in [1.807, 2.05) is 40.7 Å². The van der Waals surface area contributed by atoms with Crippen LogP contribution in [-0.4, -0.2) is 73.9 Å². The zero-order valence-electron chi connectivity index (χ0n) is 25.6. The topological polar surface area (TPSA) is 127 Å². The van der Waals surface area contributed by atoms with Crippen molar-refractivity contribution in [1.82, 2.24) is 24.2 Å². The number of hydrogen-bond acceptors (Lipinski definition) is 9. The summed E-state index contributed by atoms with van der Waals surface area (Å²) in [7, 11) is 0. The van der Waals surface area contributed by atoms with Gasteiger partial charge in [0.25, 0.3) is 11.5 Å². The fourth-order valence-corrected chi connectivity index (χ4v) is 5.63. The standard InChI is InChI=1S/C31H41N7O5/c1-6-42-18-13-24-21(2)25-19-32-29(34-27(25)38(28(24)39)22-9-7-8-10-22)33-26-12-11-23(20-37(26)41)35-14-16-36(17-15-35)30(40)43-31(3,4)5/h11-13,18-20,22,41H,6-10,14-17H2,1-5H3/b18-13+,33-26?. The Balaban J connectivity index is 1.43. The molecule has 0 unspecified atom stereocenters. The van der Waals surface area contributed by atoms with E-state index in [0.29, 0.717) is 44.0 Å². The molecule has 0 radical (unpaired) electrons. The van der Waals surface area contributed by atoms with Crippen molar-refractivity contribution in [2.24, 2.45) is 4.99 Å². The van der Waals surface area contributed by atoms with E-state index in [1.165, 1.54) is 0 Å². The van der Waals surface area contributed by atoms with Crippen LogP contribution in [0.25, 0.3) is 17.1 Å². The Morgan fingerprint density at radius 3 is 2.53 bits per heavy atom. The van der Waals surface area contributed by atoms with Crippen LogP contribution in [0.4, 0.5) is 16.4 Å². The van der Waals surface area contributed by atoms with Crippen molar-refractivity contribution in [2.75, 3.05) is 37.7 Å². The van der Waals surface area contributed by atoms with Gasteiger partial charge in [-0.15, -0.1) is 0 Å². The Morgan fingerprint density at radius 2 is 1.88 bits per heavy atom. The van der Waals surface area contributed by atoms with Crippen LogP contribution < -0.4 is 15.9 Å². The van der Waals surface area contributed by atoms with Gasteiger partial charge < -0.3 is 24.5 Å². The lowest BCUT2D eigenvalue weighted by Crippen LogP contribution is -2.50. The smallest absolute Gasteiger partial charge is 0.410 e. The number of anilines is 1. The SMILES string of the molecule is CCO/C=C/c1c(C)c2cnc(N=c3ccc(N4CCN(C(=O)OC(C)(C)C)CC4)cn3O)nc2n(C2CCCC2)c1=O. The molecule has 12 heteroatoms. The van der Waals surface area contributed by atoms with Gasteiger partial charge in [-0.1, -0.05) is 12.8 Å². The average molecular weight is 592 g/mol. The second kappa shape index (κ2) is 12.5. The first-order valence-corrected chi connectivity index (χ1v) is 15.0. The lowest BCUT2D eigenvalue weighted by Gasteiger charge is -2.36. The van der Waals surface area contributed by atoms with Gasteiger partial charge in [-0.2, -0.15) is 14.7 Å². The summed E-state index contributed by atoms with van der Waals surface area (Å²) < 4.78 is 13.6. The van der Waals surface area contributed by atoms with Gasteiger partial charge in [-0.3, -0.25) is 9.36 Å². The number of nitrogens with zero attached hydrogens (tertiary/aromatic N) is 7. The van der Waals surface area contributed by atoms with Crippen molar-refractivity contribution in [3.8, 4) is 0 Å². The molecule has 3 aromatic rings. The van der Waals surface area contributed by atoms with Crippen LogP contribution in [-0.2, 0) is 9.47 Å². The van der Waals surface area contributed by atoms with Gasteiger partial charge >= 0.3 is 6.09 Å². The van der Waals surface area contributed by atoms with Gasteiger partial charge in [0.05, 0.1) is 24.8 Å². The molecule has 4 heterocycles. The summed E-state index contributed by atoms with van der Waals surface area (Å²) >= 11 is 0. The molecule has 3 aromatic heterocycles. The number of hydrogen-bond donors (Lipinski definition) is 1. The predicted molar refractivity (Wildman–Crippen MR) is 164 cm³/mol. The minimum absolute atomic E-state index is 0.0513. The van der Waals surface area contributed by atoms with Crippen LogP contribution in [0, 0.1) is 6.92 Å². The zero-order chi connectivity index (χ0) is 30.7. The molecule has 0 spiro atoms. The quantitative estimate of drug-likeness (QED) is 0.327. The Bertz CT molecular complexity index is 1640. The summed E-state index contributed by atoms with van der Waals surface area (Å²) in [6.07, 6.45) is 10.2. The summed E-state index contributed by atoms with van der Waals surface area (Å²) in [4.78, 5) is 43.6. The maximum atomic E-state index is 13.7. The Morgan fingerprint density at radius 1 is 1.16 bits per heavy atom. The van der Waals surface area contributed by atoms with Crippen molar-refractivity contribution in [3.63, 3.8) is 0 Å². The number of carbonyl (C=O) groups is 1. The van der Waals surface area contributed by atoms with E-state index in [4.69, 9.17) is 14.5 Å². The van der Waals surface area contributed by atoms with Crippen molar-refractivity contribution in [1.29, 1.82) is 0 Å². The van der Waals surface area contributed by atoms with Gasteiger partial charge in [0, 0.05) is 49.4 Å². The highest BCUT2D eigenvalue weighted by molar-refractivity contribution is 5.82. The first-order valence-electron chi connectivity index (χ1n) is 15.0. The molecule has 1 amide bonds. The first-order chi connectivity index (χ1) is 20.6. The minimum Gasteiger partial charge on any atom is -0.501 e. The number of ether oxygens (including phenoxy) is 2. The van der Waals surface area contributed by atoms with E-state index >= 15 is 0 Å². The highest BCUT2D eigenvalue weighted by atomic mass is 16.6. The van der Waals surface area contributed by atoms with E-state index in [0.717, 1.165) is 47.1 Å². The highest BCUT2D eigenvalue weighted by Gasteiger charge is 2.27. The van der Waals surface area contributed by atoms with Gasteiger partial charge in [0.15, 0.2) is 5.49 Å². The second-order valence-electron chi connectivity index (χ2n) is 12.0. The molecule has 5 rings (SSSR count). The summed E-state index contributed by atoms with van der Waals surface area (Å²) in [6, 6.07) is 3.61. The number of fused-ring (bicyclic) bond motifs is 1. The normalized spacial score (nSPS) is 16.9. The van der Waals surface area contributed by atoms with Crippen molar-refractivity contribution in [2.45, 2.75) is 71.9 Å². The number of pyridine rings is 2. The van der Waals surface area contributed by atoms with E-state index in [2.05, 4.69) is 14.9 Å². The molecule has 1 aliphatic carbocycles. The van der Waals surface area contributed by atoms with Crippen LogP contribution in [0.2, 0.25) is 0 Å². The lowest BCUT2D eigenvalue weighted by molar-refractivity contribution is 0.0240. The van der Waals surface area contributed by atoms with Crippen LogP contribution in [0.5, 0.6) is 0 Å². The molecular weight excluding hydrogens is 550 g/mol. The maximum absolute atomic E-state index is 13.7. The van der Waals surface area contributed by atoms with Crippen LogP contribution in [0.15, 0.2) is 40.6 Å². The predicted octanol–water partition coefficient (Wildman–Crippen LogP) is 4.55.